The van der Waals surface area contributed by atoms with E-state index in [4.69, 9.17) is 19.9 Å². The number of likely N-dealkylation sites (tertiary alicyclic amines) is 1. The molecule has 1 aliphatic rings. The third-order valence-electron chi connectivity index (χ3n) is 5.49. The van der Waals surface area contributed by atoms with E-state index < -0.39 is 29.7 Å². The van der Waals surface area contributed by atoms with Gasteiger partial charge in [0, 0.05) is 24.4 Å². The average Bonchev–Trinajstić information content (AvgIpc) is 2.76. The van der Waals surface area contributed by atoms with Crippen molar-refractivity contribution in [3.63, 3.8) is 0 Å². The first-order valence-corrected chi connectivity index (χ1v) is 10.5. The molecule has 0 saturated carbocycles. The van der Waals surface area contributed by atoms with Crippen molar-refractivity contribution in [1.29, 1.82) is 0 Å². The lowest BCUT2D eigenvalue weighted by Crippen LogP contribution is -2.46. The molecule has 0 aliphatic carbocycles. The molecule has 2 unspecified atom stereocenters. The number of anilines is 1. The lowest BCUT2D eigenvalue weighted by atomic mass is 9.84. The molecule has 2 atom stereocenters. The number of methoxy groups -OCH3 is 2. The van der Waals surface area contributed by atoms with Gasteiger partial charge in [0.25, 0.3) is 0 Å². The minimum absolute atomic E-state index is 0.0114. The van der Waals surface area contributed by atoms with Gasteiger partial charge in [-0.05, 0) is 17.9 Å². The number of hydrogen-bond acceptors (Lipinski definition) is 8. The Balaban J connectivity index is 2.05. The highest BCUT2D eigenvalue weighted by atomic mass is 19.1. The van der Waals surface area contributed by atoms with Gasteiger partial charge in [-0.2, -0.15) is 0 Å². The number of aromatic nitrogens is 2. The van der Waals surface area contributed by atoms with Crippen LogP contribution in [-0.2, 0) is 9.53 Å². The number of esters is 1. The topological polar surface area (TPSA) is 137 Å². The van der Waals surface area contributed by atoms with Gasteiger partial charge in [-0.25, -0.2) is 19.2 Å². The molecule has 1 saturated heterocycles. The molecule has 1 aliphatic heterocycles. The second-order valence-corrected chi connectivity index (χ2v) is 9.19. The first-order valence-electron chi connectivity index (χ1n) is 10.5. The fraction of sp³-hybridized carbons (Fsp3) is 0.545. The highest BCUT2D eigenvalue weighted by Gasteiger charge is 2.40. The summed E-state index contributed by atoms with van der Waals surface area (Å²) in [5, 5.41) is 9.67. The number of carboxylic acid groups (broad SMARTS) is 1. The Morgan fingerprint density at radius 1 is 1.27 bits per heavy atom. The maximum Gasteiger partial charge on any atom is 0.407 e. The molecule has 180 valence electrons. The number of amides is 1. The maximum atomic E-state index is 15.2. The van der Waals surface area contributed by atoms with Gasteiger partial charge in [-0.15, -0.1) is 0 Å². The van der Waals surface area contributed by atoms with Crippen LogP contribution in [0.25, 0.3) is 10.9 Å². The summed E-state index contributed by atoms with van der Waals surface area (Å²) in [5.41, 5.74) is 5.79. The molecule has 11 heteroatoms. The second-order valence-electron chi connectivity index (χ2n) is 9.19. The summed E-state index contributed by atoms with van der Waals surface area (Å²) in [5.74, 6) is -2.62. The van der Waals surface area contributed by atoms with Crippen LogP contribution in [0.15, 0.2) is 6.07 Å². The molecule has 0 radical (unpaired) electrons. The van der Waals surface area contributed by atoms with E-state index in [0.717, 1.165) is 4.90 Å². The zero-order chi connectivity index (χ0) is 24.5. The van der Waals surface area contributed by atoms with Crippen molar-refractivity contribution in [2.75, 3.05) is 39.6 Å². The van der Waals surface area contributed by atoms with Gasteiger partial charge in [-0.3, -0.25) is 4.79 Å². The molecule has 0 bridgehead atoms. The van der Waals surface area contributed by atoms with Crippen molar-refractivity contribution in [2.45, 2.75) is 33.1 Å². The average molecular weight is 464 g/mol. The zero-order valence-electron chi connectivity index (χ0n) is 19.3. The van der Waals surface area contributed by atoms with Crippen LogP contribution < -0.4 is 15.2 Å². The fourth-order valence-corrected chi connectivity index (χ4v) is 3.80. The minimum Gasteiger partial charge on any atom is -0.493 e. The number of halogens is 1. The van der Waals surface area contributed by atoms with Gasteiger partial charge < -0.3 is 30.0 Å². The molecule has 1 amide bonds. The molecule has 1 fully saturated rings. The Bertz CT molecular complexity index is 1070. The SMILES string of the molecule is COc1cc2c(N)nc(C3CCN(C(=O)O)CC3C(=O)OCC(C)(C)C)nc2c(F)c1OC. The lowest BCUT2D eigenvalue weighted by Gasteiger charge is -2.35. The number of carbonyl (C=O) groups is 2. The Morgan fingerprint density at radius 3 is 2.55 bits per heavy atom. The number of rotatable bonds is 5. The zero-order valence-corrected chi connectivity index (χ0v) is 19.3. The Hall–Kier alpha value is -3.37. The predicted octanol–water partition coefficient (Wildman–Crippen LogP) is 3.04. The minimum atomic E-state index is -1.14. The summed E-state index contributed by atoms with van der Waals surface area (Å²) in [6, 6.07) is 1.48. The number of benzene rings is 1. The molecular formula is C22H29FN4O6. The van der Waals surface area contributed by atoms with Crippen LogP contribution in [0, 0.1) is 17.2 Å². The van der Waals surface area contributed by atoms with Crippen LogP contribution in [0.1, 0.15) is 38.9 Å². The van der Waals surface area contributed by atoms with Gasteiger partial charge in [0.1, 0.15) is 17.2 Å². The van der Waals surface area contributed by atoms with Gasteiger partial charge in [0.15, 0.2) is 17.3 Å². The Labute approximate surface area is 190 Å². The van der Waals surface area contributed by atoms with Crippen molar-refractivity contribution in [3.05, 3.63) is 17.7 Å². The van der Waals surface area contributed by atoms with Gasteiger partial charge in [0.05, 0.1) is 26.7 Å². The van der Waals surface area contributed by atoms with E-state index in [0.29, 0.717) is 0 Å². The summed E-state index contributed by atoms with van der Waals surface area (Å²) >= 11 is 0. The van der Waals surface area contributed by atoms with Crippen LogP contribution in [0.2, 0.25) is 0 Å². The summed E-state index contributed by atoms with van der Waals surface area (Å²) < 4.78 is 31.0. The van der Waals surface area contributed by atoms with Gasteiger partial charge in [-0.1, -0.05) is 20.8 Å². The number of nitrogens with two attached hydrogens (primary N) is 1. The lowest BCUT2D eigenvalue weighted by molar-refractivity contribution is -0.153. The van der Waals surface area contributed by atoms with E-state index >= 15 is 4.39 Å². The smallest absolute Gasteiger partial charge is 0.407 e. The summed E-state index contributed by atoms with van der Waals surface area (Å²) in [7, 11) is 2.68. The highest BCUT2D eigenvalue weighted by molar-refractivity contribution is 5.91. The molecule has 33 heavy (non-hydrogen) atoms. The molecule has 1 aromatic heterocycles. The summed E-state index contributed by atoms with van der Waals surface area (Å²) in [4.78, 5) is 34.4. The van der Waals surface area contributed by atoms with E-state index in [1.165, 1.54) is 20.3 Å². The standard InChI is InChI=1S/C22H29FN4O6/c1-22(2,3)10-33-20(28)13-9-27(21(29)30)7-6-11(13)19-25-16-12(18(24)26-19)8-14(31-4)17(32-5)15(16)23/h8,11,13H,6-7,9-10H2,1-5H3,(H,29,30)(H2,24,25,26). The molecule has 2 heterocycles. The van der Waals surface area contributed by atoms with Crippen molar-refractivity contribution in [1.82, 2.24) is 14.9 Å². The van der Waals surface area contributed by atoms with E-state index in [-0.39, 0.29) is 65.6 Å². The number of hydrogen-bond donors (Lipinski definition) is 2. The second kappa shape index (κ2) is 9.24. The third-order valence-corrected chi connectivity index (χ3v) is 5.49. The maximum absolute atomic E-state index is 15.2. The largest absolute Gasteiger partial charge is 0.493 e. The van der Waals surface area contributed by atoms with Crippen molar-refractivity contribution in [3.8, 4) is 11.5 Å². The molecule has 10 nitrogen and oxygen atoms in total. The van der Waals surface area contributed by atoms with Gasteiger partial charge >= 0.3 is 12.1 Å². The first kappa shape index (κ1) is 24.3. The molecule has 3 N–H and O–H groups in total. The number of nitrogens with zero attached hydrogens (tertiary/aromatic N) is 3. The van der Waals surface area contributed by atoms with Crippen LogP contribution in [0.4, 0.5) is 15.0 Å². The predicted molar refractivity (Wildman–Crippen MR) is 118 cm³/mol. The van der Waals surface area contributed by atoms with Crippen LogP contribution in [-0.4, -0.2) is 66.0 Å². The molecular weight excluding hydrogens is 435 g/mol. The summed E-state index contributed by atoms with van der Waals surface area (Å²) in [6.07, 6.45) is -0.884. The summed E-state index contributed by atoms with van der Waals surface area (Å²) in [6.45, 7) is 5.99. The first-order chi connectivity index (χ1) is 15.5. The third kappa shape index (κ3) is 5.01. The van der Waals surface area contributed by atoms with Crippen LogP contribution in [0.5, 0.6) is 11.5 Å². The fourth-order valence-electron chi connectivity index (χ4n) is 3.80. The van der Waals surface area contributed by atoms with Crippen LogP contribution in [0.3, 0.4) is 0 Å². The number of ether oxygens (including phenoxy) is 3. The van der Waals surface area contributed by atoms with E-state index in [2.05, 4.69) is 9.97 Å². The van der Waals surface area contributed by atoms with E-state index in [1.54, 1.807) is 0 Å². The Kier molecular flexibility index (Phi) is 6.80. The highest BCUT2D eigenvalue weighted by Crippen LogP contribution is 2.39. The number of carbonyl (C=O) groups excluding carboxylic acids is 1. The van der Waals surface area contributed by atoms with Crippen molar-refractivity contribution >= 4 is 28.8 Å². The molecule has 1 aromatic carbocycles. The van der Waals surface area contributed by atoms with Crippen molar-refractivity contribution in [2.24, 2.45) is 11.3 Å². The number of fused-ring (bicyclic) bond motifs is 1. The van der Waals surface area contributed by atoms with Crippen molar-refractivity contribution < 1.29 is 33.3 Å². The quantitative estimate of drug-likeness (QED) is 0.640. The Morgan fingerprint density at radius 2 is 1.97 bits per heavy atom. The van der Waals surface area contributed by atoms with E-state index in [9.17, 15) is 14.7 Å². The number of nitrogen functional groups attached to an aromatic ring is 1. The molecule has 3 rings (SSSR count). The molecule has 2 aromatic rings. The number of piperidine rings is 1. The van der Waals surface area contributed by atoms with Gasteiger partial charge in [0.2, 0.25) is 0 Å². The van der Waals surface area contributed by atoms with E-state index in [1.807, 2.05) is 20.8 Å². The monoisotopic (exact) mass is 464 g/mol. The van der Waals surface area contributed by atoms with Crippen LogP contribution >= 0.6 is 0 Å². The normalized spacial score (nSPS) is 18.8. The molecule has 0 spiro atoms.